The zero-order chi connectivity index (χ0) is 26.5. The highest BCUT2D eigenvalue weighted by Gasteiger charge is 2.26. The Balaban J connectivity index is 1.49. The second kappa shape index (κ2) is 11.2. The molecule has 4 aromatic rings. The molecular weight excluding hydrogens is 502 g/mol. The molecule has 1 N–H and O–H groups in total. The van der Waals surface area contributed by atoms with E-state index in [1.54, 1.807) is 36.8 Å². The van der Waals surface area contributed by atoms with E-state index in [-0.39, 0.29) is 23.3 Å². The average Bonchev–Trinajstić information content (AvgIpc) is 3.46. The van der Waals surface area contributed by atoms with Crippen molar-refractivity contribution in [3.63, 3.8) is 0 Å². The number of aromatic nitrogens is 2. The second-order valence-electron chi connectivity index (χ2n) is 9.12. The molecule has 3 aromatic carbocycles. The number of benzene rings is 3. The SMILES string of the molecule is COc1ccc(S(=O)(=O)NCc2c(OC(Cn3ccnc3)c3ccccc3)ccc3c2CCCC3=O)cc1. The van der Waals surface area contributed by atoms with E-state index in [0.29, 0.717) is 48.4 Å². The highest BCUT2D eigenvalue weighted by molar-refractivity contribution is 7.89. The summed E-state index contributed by atoms with van der Waals surface area (Å²) in [6.45, 7) is 0.504. The quantitative estimate of drug-likeness (QED) is 0.318. The molecule has 0 amide bonds. The van der Waals surface area contributed by atoms with Gasteiger partial charge in [-0.15, -0.1) is 0 Å². The topological polar surface area (TPSA) is 99.5 Å². The van der Waals surface area contributed by atoms with Crippen LogP contribution in [0.25, 0.3) is 0 Å². The number of hydrogen-bond donors (Lipinski definition) is 1. The van der Waals surface area contributed by atoms with E-state index in [4.69, 9.17) is 9.47 Å². The van der Waals surface area contributed by atoms with Crippen molar-refractivity contribution in [3.05, 3.63) is 108 Å². The van der Waals surface area contributed by atoms with Crippen LogP contribution in [0.3, 0.4) is 0 Å². The van der Waals surface area contributed by atoms with Gasteiger partial charge in [0.2, 0.25) is 10.0 Å². The molecule has 8 nitrogen and oxygen atoms in total. The molecule has 1 aliphatic rings. The first-order chi connectivity index (χ1) is 18.4. The predicted octanol–water partition coefficient (Wildman–Crippen LogP) is 4.71. The summed E-state index contributed by atoms with van der Waals surface area (Å²) in [5.74, 6) is 1.18. The van der Waals surface area contributed by atoms with Crippen LogP contribution in [0.2, 0.25) is 0 Å². The highest BCUT2D eigenvalue weighted by Crippen LogP contribution is 2.34. The lowest BCUT2D eigenvalue weighted by Crippen LogP contribution is -2.26. The predicted molar refractivity (Wildman–Crippen MR) is 143 cm³/mol. The number of nitrogens with zero attached hydrogens (tertiary/aromatic N) is 2. The van der Waals surface area contributed by atoms with Crippen molar-refractivity contribution >= 4 is 15.8 Å². The van der Waals surface area contributed by atoms with Crippen LogP contribution >= 0.6 is 0 Å². The number of fused-ring (bicyclic) bond motifs is 1. The van der Waals surface area contributed by atoms with Crippen LogP contribution in [-0.2, 0) is 29.5 Å². The Bertz CT molecular complexity index is 1500. The van der Waals surface area contributed by atoms with Crippen molar-refractivity contribution in [1.29, 1.82) is 0 Å². The molecule has 0 saturated carbocycles. The lowest BCUT2D eigenvalue weighted by Gasteiger charge is -2.26. The highest BCUT2D eigenvalue weighted by atomic mass is 32.2. The van der Waals surface area contributed by atoms with Crippen LogP contribution in [-0.4, -0.2) is 30.9 Å². The maximum absolute atomic E-state index is 13.1. The van der Waals surface area contributed by atoms with Gasteiger partial charge in [0, 0.05) is 36.5 Å². The van der Waals surface area contributed by atoms with Gasteiger partial charge in [-0.05, 0) is 60.4 Å². The molecule has 196 valence electrons. The molecule has 0 radical (unpaired) electrons. The number of carbonyl (C=O) groups excluding carboxylic acids is 1. The first-order valence-electron chi connectivity index (χ1n) is 12.4. The minimum absolute atomic E-state index is 0.00721. The fourth-order valence-corrected chi connectivity index (χ4v) is 5.70. The molecule has 0 spiro atoms. The second-order valence-corrected chi connectivity index (χ2v) is 10.9. The summed E-state index contributed by atoms with van der Waals surface area (Å²) < 4.78 is 42.7. The summed E-state index contributed by atoms with van der Waals surface area (Å²) in [7, 11) is -2.29. The number of carbonyl (C=O) groups is 1. The third-order valence-corrected chi connectivity index (χ3v) is 8.12. The third kappa shape index (κ3) is 5.64. The average molecular weight is 532 g/mol. The Morgan fingerprint density at radius 2 is 1.82 bits per heavy atom. The van der Waals surface area contributed by atoms with E-state index in [0.717, 1.165) is 11.1 Å². The Morgan fingerprint density at radius 3 is 2.53 bits per heavy atom. The van der Waals surface area contributed by atoms with Crippen LogP contribution in [0.5, 0.6) is 11.5 Å². The maximum atomic E-state index is 13.1. The summed E-state index contributed by atoms with van der Waals surface area (Å²) in [5, 5.41) is 0. The zero-order valence-electron chi connectivity index (χ0n) is 21.0. The molecule has 0 fully saturated rings. The monoisotopic (exact) mass is 531 g/mol. The number of Topliss-reactive ketones (excluding diaryl/α,β-unsaturated/α-hetero) is 1. The number of hydrogen-bond acceptors (Lipinski definition) is 6. The van der Waals surface area contributed by atoms with E-state index < -0.39 is 10.0 Å². The minimum Gasteiger partial charge on any atom is -0.497 e. The molecule has 1 unspecified atom stereocenters. The van der Waals surface area contributed by atoms with E-state index >= 15 is 0 Å². The molecule has 1 aromatic heterocycles. The van der Waals surface area contributed by atoms with Gasteiger partial charge in [-0.2, -0.15) is 0 Å². The van der Waals surface area contributed by atoms with Crippen molar-refractivity contribution < 1.29 is 22.7 Å². The zero-order valence-corrected chi connectivity index (χ0v) is 21.9. The van der Waals surface area contributed by atoms with Gasteiger partial charge in [0.1, 0.15) is 17.6 Å². The van der Waals surface area contributed by atoms with E-state index in [2.05, 4.69) is 9.71 Å². The molecule has 1 heterocycles. The minimum atomic E-state index is -3.82. The van der Waals surface area contributed by atoms with Gasteiger partial charge >= 0.3 is 0 Å². The number of nitrogens with one attached hydrogen (secondary N) is 1. The molecule has 38 heavy (non-hydrogen) atoms. The van der Waals surface area contributed by atoms with E-state index in [1.165, 1.54) is 19.2 Å². The Hall–Kier alpha value is -3.95. The van der Waals surface area contributed by atoms with Crippen molar-refractivity contribution in [3.8, 4) is 11.5 Å². The number of imidazole rings is 1. The molecular formula is C29H29N3O5S. The van der Waals surface area contributed by atoms with Crippen LogP contribution in [0.15, 0.2) is 90.3 Å². The van der Waals surface area contributed by atoms with E-state index in [9.17, 15) is 13.2 Å². The van der Waals surface area contributed by atoms with Gasteiger partial charge < -0.3 is 14.0 Å². The largest absolute Gasteiger partial charge is 0.497 e. The van der Waals surface area contributed by atoms with Gasteiger partial charge in [-0.3, -0.25) is 4.79 Å². The molecule has 9 heteroatoms. The number of ether oxygens (including phenoxy) is 2. The van der Waals surface area contributed by atoms with Crippen LogP contribution in [0, 0.1) is 0 Å². The summed E-state index contributed by atoms with van der Waals surface area (Å²) in [5.41, 5.74) is 3.12. The molecule has 0 saturated heterocycles. The summed E-state index contributed by atoms with van der Waals surface area (Å²) in [6.07, 6.45) is 6.83. The number of sulfonamides is 1. The van der Waals surface area contributed by atoms with Gasteiger partial charge in [-0.1, -0.05) is 30.3 Å². The Morgan fingerprint density at radius 1 is 1.03 bits per heavy atom. The van der Waals surface area contributed by atoms with Crippen LogP contribution in [0.1, 0.15) is 46.0 Å². The van der Waals surface area contributed by atoms with Gasteiger partial charge in [0.05, 0.1) is 24.9 Å². The number of rotatable bonds is 10. The van der Waals surface area contributed by atoms with E-state index in [1.807, 2.05) is 41.1 Å². The van der Waals surface area contributed by atoms with Crippen molar-refractivity contribution in [2.24, 2.45) is 0 Å². The Labute approximate surface area is 222 Å². The molecule has 1 aliphatic carbocycles. The van der Waals surface area contributed by atoms with Gasteiger partial charge in [-0.25, -0.2) is 18.1 Å². The summed E-state index contributed by atoms with van der Waals surface area (Å²) >= 11 is 0. The van der Waals surface area contributed by atoms with Crippen molar-refractivity contribution in [2.45, 2.75) is 43.4 Å². The molecule has 0 bridgehead atoms. The fraction of sp³-hybridized carbons (Fsp3) is 0.241. The van der Waals surface area contributed by atoms with Crippen molar-refractivity contribution in [2.75, 3.05) is 7.11 Å². The van der Waals surface area contributed by atoms with Crippen LogP contribution in [0.4, 0.5) is 0 Å². The molecule has 5 rings (SSSR count). The molecule has 0 aliphatic heterocycles. The van der Waals surface area contributed by atoms with Crippen LogP contribution < -0.4 is 14.2 Å². The lowest BCUT2D eigenvalue weighted by atomic mass is 9.87. The first kappa shape index (κ1) is 25.7. The third-order valence-electron chi connectivity index (χ3n) is 6.70. The Kier molecular flexibility index (Phi) is 7.57. The molecule has 1 atom stereocenters. The first-order valence-corrected chi connectivity index (χ1v) is 13.9. The van der Waals surface area contributed by atoms with Gasteiger partial charge in [0.25, 0.3) is 0 Å². The number of methoxy groups -OCH3 is 1. The number of ketones is 1. The summed E-state index contributed by atoms with van der Waals surface area (Å²) in [6, 6.07) is 19.6. The smallest absolute Gasteiger partial charge is 0.240 e. The normalized spacial score (nSPS) is 14.1. The maximum Gasteiger partial charge on any atom is 0.240 e. The summed E-state index contributed by atoms with van der Waals surface area (Å²) in [4.78, 5) is 17.0. The standard InChI is InChI=1S/C29H29N3O5S/c1-36-22-10-12-23(13-11-22)38(34,35)31-18-26-24-8-5-9-27(33)25(24)14-15-28(26)37-29(19-32-17-16-30-20-32)21-6-3-2-4-7-21/h2-4,6-7,10-17,20,29,31H,5,8-9,18-19H2,1H3. The lowest BCUT2D eigenvalue weighted by molar-refractivity contribution is 0.0972. The van der Waals surface area contributed by atoms with Gasteiger partial charge in [0.15, 0.2) is 5.78 Å². The van der Waals surface area contributed by atoms with Crippen molar-refractivity contribution in [1.82, 2.24) is 14.3 Å². The fourth-order valence-electron chi connectivity index (χ4n) is 4.71.